The average Bonchev–Trinajstić information content (AvgIpc) is 3.29. The van der Waals surface area contributed by atoms with Crippen molar-refractivity contribution in [2.75, 3.05) is 13.1 Å². The summed E-state index contributed by atoms with van der Waals surface area (Å²) in [5.74, 6) is -4.86. The Morgan fingerprint density at radius 1 is 1.00 bits per heavy atom. The van der Waals surface area contributed by atoms with Crippen LogP contribution in [-0.2, 0) is 28.8 Å². The van der Waals surface area contributed by atoms with Gasteiger partial charge in [0.25, 0.3) is 0 Å². The van der Waals surface area contributed by atoms with E-state index in [4.69, 9.17) is 11.5 Å². The molecular formula is C24H38N8O7. The van der Waals surface area contributed by atoms with Crippen LogP contribution in [0.4, 0.5) is 0 Å². The summed E-state index contributed by atoms with van der Waals surface area (Å²) in [7, 11) is 0. The molecule has 2 bridgehead atoms. The third-order valence-corrected chi connectivity index (χ3v) is 7.36. The Morgan fingerprint density at radius 3 is 2.41 bits per heavy atom. The van der Waals surface area contributed by atoms with E-state index in [9.17, 15) is 33.9 Å². The van der Waals surface area contributed by atoms with Crippen LogP contribution in [0.25, 0.3) is 0 Å². The highest BCUT2D eigenvalue weighted by atomic mass is 16.4. The number of nitrogens with zero attached hydrogens (tertiary/aromatic N) is 2. The Hall–Kier alpha value is -3.91. The van der Waals surface area contributed by atoms with Crippen LogP contribution < -0.4 is 32.7 Å². The van der Waals surface area contributed by atoms with E-state index in [1.54, 1.807) is 0 Å². The lowest BCUT2D eigenvalue weighted by molar-refractivity contribution is -0.149. The lowest BCUT2D eigenvalue weighted by Gasteiger charge is -2.42. The Labute approximate surface area is 225 Å². The molecule has 5 amide bonds. The Morgan fingerprint density at radius 2 is 1.74 bits per heavy atom. The number of rotatable bonds is 8. The molecule has 0 aromatic carbocycles. The van der Waals surface area contributed by atoms with E-state index >= 15 is 0 Å². The maximum atomic E-state index is 13.7. The SMILES string of the molecule is CCC[C@@H]1C[C@@H]2CC[C@H]3C(=O)N[C@@H](CCCN=C(N)N)C(=O)NCC(=O)N[C@@H](CC(=O)O)C(=O)N[C@H]1C(=O)N23. The molecule has 0 aromatic rings. The van der Waals surface area contributed by atoms with E-state index in [2.05, 4.69) is 26.3 Å². The van der Waals surface area contributed by atoms with E-state index in [1.807, 2.05) is 6.92 Å². The summed E-state index contributed by atoms with van der Waals surface area (Å²) < 4.78 is 0. The zero-order valence-electron chi connectivity index (χ0n) is 22.0. The molecule has 15 heteroatoms. The van der Waals surface area contributed by atoms with Crippen molar-refractivity contribution in [1.29, 1.82) is 0 Å². The van der Waals surface area contributed by atoms with Crippen molar-refractivity contribution in [3.63, 3.8) is 0 Å². The maximum absolute atomic E-state index is 13.7. The molecule has 3 saturated heterocycles. The summed E-state index contributed by atoms with van der Waals surface area (Å²) in [6.45, 7) is 1.62. The van der Waals surface area contributed by atoms with Gasteiger partial charge in [-0.3, -0.25) is 33.8 Å². The number of aliphatic carboxylic acids is 1. The van der Waals surface area contributed by atoms with Crippen molar-refractivity contribution in [2.24, 2.45) is 22.4 Å². The smallest absolute Gasteiger partial charge is 0.305 e. The topological polar surface area (TPSA) is 238 Å². The number of carboxylic acid groups (broad SMARTS) is 1. The summed E-state index contributed by atoms with van der Waals surface area (Å²) >= 11 is 0. The van der Waals surface area contributed by atoms with Gasteiger partial charge in [0.1, 0.15) is 24.2 Å². The number of nitrogens with one attached hydrogen (secondary N) is 4. The van der Waals surface area contributed by atoms with Crippen molar-refractivity contribution in [2.45, 2.75) is 88.5 Å². The summed E-state index contributed by atoms with van der Waals surface area (Å²) in [6, 6.07) is -4.51. The van der Waals surface area contributed by atoms with Crippen molar-refractivity contribution in [1.82, 2.24) is 26.2 Å². The molecule has 3 aliphatic rings. The van der Waals surface area contributed by atoms with Gasteiger partial charge in [-0.15, -0.1) is 0 Å². The molecule has 3 fully saturated rings. The van der Waals surface area contributed by atoms with Gasteiger partial charge in [-0.2, -0.15) is 0 Å². The molecule has 3 heterocycles. The van der Waals surface area contributed by atoms with Gasteiger partial charge in [-0.05, 0) is 44.4 Å². The number of carbonyl (C=O) groups is 6. The Balaban J connectivity index is 1.92. The predicted octanol–water partition coefficient (Wildman–Crippen LogP) is -2.72. The van der Waals surface area contributed by atoms with Crippen LogP contribution in [0.1, 0.15) is 58.3 Å². The molecule has 0 aliphatic carbocycles. The third kappa shape index (κ3) is 7.57. The normalized spacial score (nSPS) is 29.8. The number of piperidine rings is 1. The number of carbonyl (C=O) groups excluding carboxylic acids is 5. The largest absolute Gasteiger partial charge is 0.481 e. The molecular weight excluding hydrogens is 512 g/mol. The second-order valence-corrected chi connectivity index (χ2v) is 10.2. The number of guanidine groups is 1. The van der Waals surface area contributed by atoms with Crippen LogP contribution in [0.2, 0.25) is 0 Å². The summed E-state index contributed by atoms with van der Waals surface area (Å²) in [4.78, 5) is 82.5. The van der Waals surface area contributed by atoms with Crippen LogP contribution in [0.5, 0.6) is 0 Å². The Kier molecular flexibility index (Phi) is 10.1. The van der Waals surface area contributed by atoms with Crippen LogP contribution in [0, 0.1) is 5.92 Å². The molecule has 0 unspecified atom stereocenters. The molecule has 3 rings (SSSR count). The molecule has 9 N–H and O–H groups in total. The van der Waals surface area contributed by atoms with Gasteiger partial charge in [0, 0.05) is 12.6 Å². The van der Waals surface area contributed by atoms with Crippen molar-refractivity contribution in [3.05, 3.63) is 0 Å². The average molecular weight is 551 g/mol. The van der Waals surface area contributed by atoms with Gasteiger partial charge < -0.3 is 42.7 Å². The summed E-state index contributed by atoms with van der Waals surface area (Å²) in [6.07, 6.45) is 2.74. The Bertz CT molecular complexity index is 1010. The number of aliphatic imine (C=N–C) groups is 1. The first kappa shape index (κ1) is 29.6. The molecule has 0 saturated carbocycles. The predicted molar refractivity (Wildman–Crippen MR) is 138 cm³/mol. The zero-order chi connectivity index (χ0) is 28.7. The molecule has 0 spiro atoms. The van der Waals surface area contributed by atoms with Crippen molar-refractivity contribution in [3.8, 4) is 0 Å². The quantitative estimate of drug-likeness (QED) is 0.0942. The number of hydrogen-bond donors (Lipinski definition) is 7. The minimum absolute atomic E-state index is 0.113. The maximum Gasteiger partial charge on any atom is 0.305 e. The first-order valence-electron chi connectivity index (χ1n) is 13.3. The standard InChI is InChI=1S/C24H38N8O7/c1-2-4-12-9-13-6-7-16-22(38)30-14(5-3-8-27-24(25)26)20(36)28-11-17(33)29-15(10-18(34)35)21(37)31-19(12)23(39)32(13)16/h12-16,19H,2-11H2,1H3,(H,28,36)(H,29,33)(H,30,38)(H,31,37)(H,34,35)(H4,25,26,27)/t12-,13+,14+,15+,16+,19-/m1/s1. The number of nitrogens with two attached hydrogens (primary N) is 2. The van der Waals surface area contributed by atoms with Crippen LogP contribution in [-0.4, -0.2) is 94.8 Å². The van der Waals surface area contributed by atoms with Crippen molar-refractivity contribution < 1.29 is 33.9 Å². The van der Waals surface area contributed by atoms with Gasteiger partial charge in [0.05, 0.1) is 13.0 Å². The monoisotopic (exact) mass is 550 g/mol. The highest BCUT2D eigenvalue weighted by molar-refractivity contribution is 5.98. The molecule has 6 atom stereocenters. The second-order valence-electron chi connectivity index (χ2n) is 10.2. The highest BCUT2D eigenvalue weighted by Gasteiger charge is 2.50. The minimum Gasteiger partial charge on any atom is -0.481 e. The van der Waals surface area contributed by atoms with Crippen LogP contribution in [0.15, 0.2) is 4.99 Å². The van der Waals surface area contributed by atoms with E-state index in [-0.39, 0.29) is 30.9 Å². The minimum atomic E-state index is -1.46. The molecule has 39 heavy (non-hydrogen) atoms. The summed E-state index contributed by atoms with van der Waals surface area (Å²) in [5.41, 5.74) is 10.7. The second kappa shape index (κ2) is 13.2. The molecule has 3 aliphatic heterocycles. The van der Waals surface area contributed by atoms with Gasteiger partial charge in [0.2, 0.25) is 29.5 Å². The van der Waals surface area contributed by atoms with Crippen LogP contribution >= 0.6 is 0 Å². The number of hydrogen-bond acceptors (Lipinski definition) is 7. The zero-order valence-corrected chi connectivity index (χ0v) is 22.0. The lowest BCUT2D eigenvalue weighted by Crippen LogP contribution is -2.64. The van der Waals surface area contributed by atoms with Gasteiger partial charge in [-0.1, -0.05) is 13.3 Å². The van der Waals surface area contributed by atoms with E-state index < -0.39 is 72.6 Å². The first-order chi connectivity index (χ1) is 18.5. The fraction of sp³-hybridized carbons (Fsp3) is 0.708. The van der Waals surface area contributed by atoms with E-state index in [1.165, 1.54) is 4.90 Å². The highest BCUT2D eigenvalue weighted by Crippen LogP contribution is 2.37. The lowest BCUT2D eigenvalue weighted by atomic mass is 9.83. The van der Waals surface area contributed by atoms with Crippen molar-refractivity contribution >= 4 is 41.5 Å². The van der Waals surface area contributed by atoms with E-state index in [0.717, 1.165) is 6.42 Å². The number of fused-ring (bicyclic) bond motifs is 1. The van der Waals surface area contributed by atoms with Gasteiger partial charge in [0.15, 0.2) is 5.96 Å². The van der Waals surface area contributed by atoms with Gasteiger partial charge in [-0.25, -0.2) is 0 Å². The van der Waals surface area contributed by atoms with Gasteiger partial charge >= 0.3 is 5.97 Å². The van der Waals surface area contributed by atoms with Crippen LogP contribution in [0.3, 0.4) is 0 Å². The fourth-order valence-corrected chi connectivity index (χ4v) is 5.60. The molecule has 0 radical (unpaired) electrons. The number of amides is 5. The fourth-order valence-electron chi connectivity index (χ4n) is 5.60. The first-order valence-corrected chi connectivity index (χ1v) is 13.3. The summed E-state index contributed by atoms with van der Waals surface area (Å²) in [5, 5.41) is 19.5. The number of carboxylic acids is 1. The molecule has 15 nitrogen and oxygen atoms in total. The molecule has 0 aromatic heterocycles. The molecule has 216 valence electrons. The third-order valence-electron chi connectivity index (χ3n) is 7.36. The van der Waals surface area contributed by atoms with E-state index in [0.29, 0.717) is 32.1 Å².